The summed E-state index contributed by atoms with van der Waals surface area (Å²) >= 11 is 0. The van der Waals surface area contributed by atoms with Crippen molar-refractivity contribution in [1.82, 2.24) is 9.99 Å². The van der Waals surface area contributed by atoms with Gasteiger partial charge in [-0.2, -0.15) is 0 Å². The van der Waals surface area contributed by atoms with Crippen LogP contribution in [0.15, 0.2) is 42.0 Å². The molecule has 0 atom stereocenters. The fourth-order valence-corrected chi connectivity index (χ4v) is 2.02. The molecular formula is C18H26FN5O3. The van der Waals surface area contributed by atoms with Crippen molar-refractivity contribution >= 4 is 17.7 Å². The lowest BCUT2D eigenvalue weighted by Crippen LogP contribution is -2.33. The van der Waals surface area contributed by atoms with Gasteiger partial charge in [-0.15, -0.1) is 0 Å². The number of amides is 2. The van der Waals surface area contributed by atoms with Gasteiger partial charge in [0.05, 0.1) is 5.69 Å². The van der Waals surface area contributed by atoms with Crippen LogP contribution in [0.2, 0.25) is 0 Å². The second-order valence-corrected chi connectivity index (χ2v) is 6.78. The first-order chi connectivity index (χ1) is 12.4. The van der Waals surface area contributed by atoms with Crippen molar-refractivity contribution < 1.29 is 18.7 Å². The summed E-state index contributed by atoms with van der Waals surface area (Å²) in [5, 5.41) is 11.8. The number of halogens is 1. The second-order valence-electron chi connectivity index (χ2n) is 6.78. The van der Waals surface area contributed by atoms with Crippen LogP contribution in [0.5, 0.6) is 0 Å². The molecule has 0 unspecified atom stereocenters. The zero-order chi connectivity index (χ0) is 20.8. The number of hydrogen-bond donors (Lipinski definition) is 3. The van der Waals surface area contributed by atoms with Crippen molar-refractivity contribution in [1.29, 1.82) is 5.41 Å². The monoisotopic (exact) mass is 379 g/mol. The smallest absolute Gasteiger partial charge is 0.407 e. The van der Waals surface area contributed by atoms with E-state index in [0.717, 1.165) is 0 Å². The summed E-state index contributed by atoms with van der Waals surface area (Å²) in [4.78, 5) is 22.9. The normalized spacial score (nSPS) is 12.5. The minimum Gasteiger partial charge on any atom is -0.444 e. The molecule has 4 N–H and O–H groups in total. The highest BCUT2D eigenvalue weighted by Gasteiger charge is 2.16. The van der Waals surface area contributed by atoms with Crippen molar-refractivity contribution in [3.8, 4) is 0 Å². The molecule has 0 fully saturated rings. The minimum absolute atomic E-state index is 0.0583. The predicted octanol–water partition coefficient (Wildman–Crippen LogP) is 2.19. The summed E-state index contributed by atoms with van der Waals surface area (Å²) in [5.41, 5.74) is 4.69. The number of rotatable bonds is 7. The molecule has 1 rings (SSSR count). The first-order valence-corrected chi connectivity index (χ1v) is 8.22. The zero-order valence-electron chi connectivity index (χ0n) is 16.2. The third-order valence-electron chi connectivity index (χ3n) is 3.33. The van der Waals surface area contributed by atoms with Crippen LogP contribution in [-0.4, -0.2) is 41.6 Å². The Labute approximate surface area is 157 Å². The Kier molecular flexibility index (Phi) is 7.33. The molecule has 9 heteroatoms. The SMILES string of the molecule is C/C(F)=C(\C=C/N(C)n1cccc1C(=N)C(N)=O)CNC(=O)OC(C)(C)C. The van der Waals surface area contributed by atoms with Gasteiger partial charge in [-0.1, -0.05) is 0 Å². The van der Waals surface area contributed by atoms with Gasteiger partial charge < -0.3 is 15.8 Å². The molecule has 27 heavy (non-hydrogen) atoms. The second kappa shape index (κ2) is 9.02. The molecule has 2 amide bonds. The first-order valence-electron chi connectivity index (χ1n) is 8.22. The fraction of sp³-hybridized carbons (Fsp3) is 0.389. The molecule has 0 radical (unpaired) electrons. The number of nitrogens with zero attached hydrogens (tertiary/aromatic N) is 2. The third-order valence-corrected chi connectivity index (χ3v) is 3.33. The largest absolute Gasteiger partial charge is 0.444 e. The number of nitrogens with one attached hydrogen (secondary N) is 2. The first kappa shape index (κ1) is 21.9. The van der Waals surface area contributed by atoms with Crippen molar-refractivity contribution in [2.24, 2.45) is 5.73 Å². The van der Waals surface area contributed by atoms with Crippen LogP contribution >= 0.6 is 0 Å². The van der Waals surface area contributed by atoms with Gasteiger partial charge in [0.15, 0.2) is 0 Å². The van der Waals surface area contributed by atoms with E-state index < -0.39 is 23.4 Å². The number of ether oxygens (including phenoxy) is 1. The fourth-order valence-electron chi connectivity index (χ4n) is 2.02. The van der Waals surface area contributed by atoms with Gasteiger partial charge in [-0.25, -0.2) is 9.18 Å². The number of carbonyl (C=O) groups excluding carboxylic acids is 2. The van der Waals surface area contributed by atoms with Crippen LogP contribution in [0.25, 0.3) is 0 Å². The Balaban J connectivity index is 2.84. The summed E-state index contributed by atoms with van der Waals surface area (Å²) in [6, 6.07) is 3.22. The molecule has 0 aromatic carbocycles. The van der Waals surface area contributed by atoms with E-state index in [9.17, 15) is 14.0 Å². The highest BCUT2D eigenvalue weighted by atomic mass is 19.1. The van der Waals surface area contributed by atoms with E-state index in [4.69, 9.17) is 15.9 Å². The Hall–Kier alpha value is -3.10. The summed E-state index contributed by atoms with van der Waals surface area (Å²) in [7, 11) is 1.65. The molecule has 1 aromatic heterocycles. The van der Waals surface area contributed by atoms with Crippen LogP contribution < -0.4 is 16.1 Å². The van der Waals surface area contributed by atoms with Gasteiger partial charge in [-0.05, 0) is 45.9 Å². The van der Waals surface area contributed by atoms with Crippen LogP contribution in [0.1, 0.15) is 33.4 Å². The van der Waals surface area contributed by atoms with Crippen molar-refractivity contribution in [2.75, 3.05) is 18.6 Å². The summed E-state index contributed by atoms with van der Waals surface area (Å²) in [6.45, 7) is 6.42. The van der Waals surface area contributed by atoms with Gasteiger partial charge >= 0.3 is 6.09 Å². The Morgan fingerprint density at radius 2 is 2.07 bits per heavy atom. The Morgan fingerprint density at radius 1 is 1.44 bits per heavy atom. The van der Waals surface area contributed by atoms with Gasteiger partial charge in [0.25, 0.3) is 5.91 Å². The van der Waals surface area contributed by atoms with Crippen molar-refractivity contribution in [2.45, 2.75) is 33.3 Å². The highest BCUT2D eigenvalue weighted by Crippen LogP contribution is 2.10. The number of aromatic nitrogens is 1. The molecule has 1 heterocycles. The van der Waals surface area contributed by atoms with Gasteiger partial charge in [0.2, 0.25) is 0 Å². The lowest BCUT2D eigenvalue weighted by atomic mass is 10.2. The molecule has 8 nitrogen and oxygen atoms in total. The van der Waals surface area contributed by atoms with Gasteiger partial charge in [0.1, 0.15) is 17.1 Å². The Bertz CT molecular complexity index is 770. The topological polar surface area (TPSA) is 113 Å². The molecule has 0 spiro atoms. The number of alkyl carbamates (subject to hydrolysis) is 1. The molecule has 1 aromatic rings. The molecule has 0 saturated carbocycles. The predicted molar refractivity (Wildman–Crippen MR) is 102 cm³/mol. The van der Waals surface area contributed by atoms with Crippen LogP contribution in [-0.2, 0) is 9.53 Å². The molecule has 0 aliphatic rings. The van der Waals surface area contributed by atoms with Gasteiger partial charge in [-0.3, -0.25) is 19.9 Å². The third kappa shape index (κ3) is 6.96. The van der Waals surface area contributed by atoms with E-state index in [0.29, 0.717) is 5.69 Å². The quantitative estimate of drug-likeness (QED) is 0.498. The average molecular weight is 379 g/mol. The van der Waals surface area contributed by atoms with Crippen LogP contribution in [0.4, 0.5) is 9.18 Å². The van der Waals surface area contributed by atoms with E-state index in [1.807, 2.05) is 0 Å². The van der Waals surface area contributed by atoms with Crippen molar-refractivity contribution in [3.05, 3.63) is 47.7 Å². The number of nitrogens with two attached hydrogens (primary N) is 1. The zero-order valence-corrected chi connectivity index (χ0v) is 16.2. The highest BCUT2D eigenvalue weighted by molar-refractivity contribution is 6.43. The minimum atomic E-state index is -0.853. The maximum Gasteiger partial charge on any atom is 0.407 e. The van der Waals surface area contributed by atoms with Crippen molar-refractivity contribution in [3.63, 3.8) is 0 Å². The summed E-state index contributed by atoms with van der Waals surface area (Å²) < 4.78 is 20.4. The van der Waals surface area contributed by atoms with Gasteiger partial charge in [0, 0.05) is 31.6 Å². The molecule has 0 aliphatic heterocycles. The molecule has 0 saturated heterocycles. The lowest BCUT2D eigenvalue weighted by molar-refractivity contribution is -0.112. The lowest BCUT2D eigenvalue weighted by Gasteiger charge is -2.20. The number of primary amides is 1. The molecule has 0 bridgehead atoms. The molecule has 0 aliphatic carbocycles. The Morgan fingerprint density at radius 3 is 2.59 bits per heavy atom. The van der Waals surface area contributed by atoms with E-state index in [1.165, 1.54) is 23.9 Å². The van der Waals surface area contributed by atoms with Crippen LogP contribution in [0.3, 0.4) is 0 Å². The number of carbonyl (C=O) groups is 2. The number of hydrogen-bond acceptors (Lipinski definition) is 5. The van der Waals surface area contributed by atoms with E-state index in [2.05, 4.69) is 5.32 Å². The summed E-state index contributed by atoms with van der Waals surface area (Å²) in [6.07, 6.45) is 3.99. The summed E-state index contributed by atoms with van der Waals surface area (Å²) in [5.74, 6) is -1.32. The maximum atomic E-state index is 13.8. The standard InChI is InChI=1S/C18H26FN5O3/c1-12(19)13(11-22-17(26)27-18(2,3)4)8-10-23(5)24-9-6-7-14(24)15(20)16(21)25/h6-10,20H,11H2,1-5H3,(H2,21,25)(H,22,26)/b10-8-,13-12-,20-15?. The maximum absolute atomic E-state index is 13.8. The number of allylic oxidation sites excluding steroid dienone is 1. The van der Waals surface area contributed by atoms with E-state index in [-0.39, 0.29) is 17.8 Å². The van der Waals surface area contributed by atoms with E-state index >= 15 is 0 Å². The average Bonchev–Trinajstić information content (AvgIpc) is 3.01. The van der Waals surface area contributed by atoms with Crippen LogP contribution in [0, 0.1) is 5.41 Å². The molecular weight excluding hydrogens is 353 g/mol. The van der Waals surface area contributed by atoms with E-state index in [1.54, 1.807) is 51.2 Å². The molecule has 148 valence electrons.